The molecule has 0 fully saturated rings. The molecule has 1 aromatic carbocycles. The van der Waals surface area contributed by atoms with Crippen LogP contribution in [-0.4, -0.2) is 29.7 Å². The van der Waals surface area contributed by atoms with Crippen molar-refractivity contribution in [2.45, 2.75) is 12.1 Å². The highest BCUT2D eigenvalue weighted by Crippen LogP contribution is 2.27. The molecule has 0 saturated carbocycles. The summed E-state index contributed by atoms with van der Waals surface area (Å²) in [6.07, 6.45) is 3.81. The number of amides is 2. The number of carboxylic acids is 1. The Morgan fingerprint density at radius 1 is 1.37 bits per heavy atom. The molecule has 0 bridgehead atoms. The summed E-state index contributed by atoms with van der Waals surface area (Å²) in [5.41, 5.74) is 7.37. The van der Waals surface area contributed by atoms with Gasteiger partial charge in [0.1, 0.15) is 6.04 Å². The number of carbonyl (C=O) groups is 2. The molecule has 1 aromatic rings. The number of carbonyl (C=O) groups excluding carboxylic acids is 1. The third-order valence-corrected chi connectivity index (χ3v) is 2.89. The zero-order valence-corrected chi connectivity index (χ0v) is 10.2. The number of aliphatic carboxylic acids is 1. The Labute approximate surface area is 110 Å². The maximum absolute atomic E-state index is 11.6. The first-order chi connectivity index (χ1) is 9.08. The quantitative estimate of drug-likeness (QED) is 0.632. The molecule has 6 heteroatoms. The largest absolute Gasteiger partial charge is 0.480 e. The van der Waals surface area contributed by atoms with E-state index in [0.29, 0.717) is 0 Å². The van der Waals surface area contributed by atoms with Gasteiger partial charge in [0.2, 0.25) is 0 Å². The van der Waals surface area contributed by atoms with E-state index in [1.165, 1.54) is 0 Å². The van der Waals surface area contributed by atoms with Crippen LogP contribution in [-0.2, 0) is 4.79 Å². The Balaban J connectivity index is 1.88. The Morgan fingerprint density at radius 3 is 2.84 bits per heavy atom. The minimum absolute atomic E-state index is 0.112. The van der Waals surface area contributed by atoms with Crippen molar-refractivity contribution in [1.29, 1.82) is 0 Å². The van der Waals surface area contributed by atoms with Crippen molar-refractivity contribution in [2.24, 2.45) is 5.73 Å². The molecule has 2 rings (SSSR count). The summed E-state index contributed by atoms with van der Waals surface area (Å²) in [6.45, 7) is -0.112. The van der Waals surface area contributed by atoms with Crippen LogP contribution in [0.5, 0.6) is 0 Å². The lowest BCUT2D eigenvalue weighted by Crippen LogP contribution is -2.46. The zero-order chi connectivity index (χ0) is 13.8. The predicted octanol–water partition coefficient (Wildman–Crippen LogP) is 0.466. The van der Waals surface area contributed by atoms with E-state index in [1.807, 2.05) is 36.4 Å². The number of nitrogens with one attached hydrogen (secondary N) is 2. The average molecular weight is 261 g/mol. The van der Waals surface area contributed by atoms with Crippen LogP contribution in [0.2, 0.25) is 0 Å². The van der Waals surface area contributed by atoms with Crippen LogP contribution < -0.4 is 16.4 Å². The van der Waals surface area contributed by atoms with Gasteiger partial charge in [-0.25, -0.2) is 4.79 Å². The van der Waals surface area contributed by atoms with E-state index in [1.54, 1.807) is 0 Å². The van der Waals surface area contributed by atoms with Crippen LogP contribution in [0, 0.1) is 0 Å². The maximum atomic E-state index is 11.6. The third-order valence-electron chi connectivity index (χ3n) is 2.89. The fourth-order valence-electron chi connectivity index (χ4n) is 1.86. The van der Waals surface area contributed by atoms with Crippen LogP contribution in [0.3, 0.4) is 0 Å². The Bertz CT molecular complexity index is 528. The highest BCUT2D eigenvalue weighted by atomic mass is 16.4. The monoisotopic (exact) mass is 261 g/mol. The van der Waals surface area contributed by atoms with Gasteiger partial charge in [0.25, 0.3) is 0 Å². The summed E-state index contributed by atoms with van der Waals surface area (Å²) in [5.74, 6) is -1.15. The van der Waals surface area contributed by atoms with Crippen LogP contribution in [0.4, 0.5) is 4.79 Å². The molecule has 0 saturated heterocycles. The lowest BCUT2D eigenvalue weighted by atomic mass is 10.1. The summed E-state index contributed by atoms with van der Waals surface area (Å²) < 4.78 is 0. The van der Waals surface area contributed by atoms with Gasteiger partial charge in [0, 0.05) is 6.54 Å². The first-order valence-electron chi connectivity index (χ1n) is 5.88. The average Bonchev–Trinajstić information content (AvgIpc) is 2.79. The van der Waals surface area contributed by atoms with Gasteiger partial charge < -0.3 is 21.5 Å². The van der Waals surface area contributed by atoms with E-state index in [-0.39, 0.29) is 12.6 Å². The van der Waals surface area contributed by atoms with E-state index in [0.717, 1.165) is 11.1 Å². The van der Waals surface area contributed by atoms with Gasteiger partial charge in [-0.05, 0) is 11.1 Å². The van der Waals surface area contributed by atoms with Crippen LogP contribution >= 0.6 is 0 Å². The maximum Gasteiger partial charge on any atom is 0.322 e. The number of benzene rings is 1. The van der Waals surface area contributed by atoms with Crippen molar-refractivity contribution in [3.05, 3.63) is 41.5 Å². The second-order valence-electron chi connectivity index (χ2n) is 4.26. The molecule has 19 heavy (non-hydrogen) atoms. The fraction of sp³-hybridized carbons (Fsp3) is 0.231. The smallest absolute Gasteiger partial charge is 0.322 e. The molecular weight excluding hydrogens is 246 g/mol. The minimum atomic E-state index is -1.15. The zero-order valence-electron chi connectivity index (χ0n) is 10.2. The summed E-state index contributed by atoms with van der Waals surface area (Å²) in [7, 11) is 0. The van der Waals surface area contributed by atoms with Gasteiger partial charge in [0.15, 0.2) is 0 Å². The van der Waals surface area contributed by atoms with Gasteiger partial charge in [-0.15, -0.1) is 0 Å². The van der Waals surface area contributed by atoms with Crippen molar-refractivity contribution in [1.82, 2.24) is 10.6 Å². The van der Waals surface area contributed by atoms with E-state index in [4.69, 9.17) is 10.8 Å². The topological polar surface area (TPSA) is 104 Å². The van der Waals surface area contributed by atoms with Gasteiger partial charge >= 0.3 is 12.0 Å². The molecule has 0 heterocycles. The molecular formula is C13H15N3O3. The summed E-state index contributed by atoms with van der Waals surface area (Å²) in [5, 5.41) is 13.8. The molecule has 0 aliphatic heterocycles. The summed E-state index contributed by atoms with van der Waals surface area (Å²) in [6, 6.07) is 5.99. The molecule has 0 aromatic heterocycles. The van der Waals surface area contributed by atoms with Crippen molar-refractivity contribution in [3.63, 3.8) is 0 Å². The highest BCUT2D eigenvalue weighted by molar-refractivity contribution is 5.78. The second-order valence-corrected chi connectivity index (χ2v) is 4.26. The van der Waals surface area contributed by atoms with Gasteiger partial charge in [-0.3, -0.25) is 4.79 Å². The van der Waals surface area contributed by atoms with Crippen LogP contribution in [0.1, 0.15) is 17.2 Å². The normalized spacial score (nSPS) is 17.6. The molecule has 2 atom stereocenters. The van der Waals surface area contributed by atoms with Crippen molar-refractivity contribution >= 4 is 18.1 Å². The number of rotatable bonds is 4. The van der Waals surface area contributed by atoms with E-state index < -0.39 is 18.0 Å². The van der Waals surface area contributed by atoms with Crippen molar-refractivity contribution in [3.8, 4) is 0 Å². The molecule has 5 N–H and O–H groups in total. The Morgan fingerprint density at radius 2 is 2.11 bits per heavy atom. The highest BCUT2D eigenvalue weighted by Gasteiger charge is 2.19. The van der Waals surface area contributed by atoms with Crippen molar-refractivity contribution < 1.29 is 14.7 Å². The number of fused-ring (bicyclic) bond motifs is 1. The first kappa shape index (κ1) is 13.1. The SMILES string of the molecule is NC(CNC(=O)N[C@@H]1C=Cc2ccccc21)C(=O)O. The molecule has 0 radical (unpaired) electrons. The number of carboxylic acid groups (broad SMARTS) is 1. The van der Waals surface area contributed by atoms with Gasteiger partial charge in [-0.2, -0.15) is 0 Å². The van der Waals surface area contributed by atoms with Crippen LogP contribution in [0.15, 0.2) is 30.3 Å². The molecule has 6 nitrogen and oxygen atoms in total. The Kier molecular flexibility index (Phi) is 3.82. The third kappa shape index (κ3) is 3.11. The summed E-state index contributed by atoms with van der Waals surface area (Å²) >= 11 is 0. The summed E-state index contributed by atoms with van der Waals surface area (Å²) in [4.78, 5) is 22.1. The number of nitrogens with two attached hydrogens (primary N) is 1. The number of urea groups is 1. The standard InChI is InChI=1S/C13H15N3O3/c14-10(12(17)18)7-15-13(19)16-11-6-5-8-3-1-2-4-9(8)11/h1-6,10-11H,7,14H2,(H,17,18)(H2,15,16,19)/t10?,11-/m1/s1. The lowest BCUT2D eigenvalue weighted by molar-refractivity contribution is -0.138. The minimum Gasteiger partial charge on any atom is -0.480 e. The van der Waals surface area contributed by atoms with E-state index in [2.05, 4.69) is 10.6 Å². The van der Waals surface area contributed by atoms with E-state index in [9.17, 15) is 9.59 Å². The van der Waals surface area contributed by atoms with E-state index >= 15 is 0 Å². The van der Waals surface area contributed by atoms with Crippen LogP contribution in [0.25, 0.3) is 6.08 Å². The molecule has 0 spiro atoms. The fourth-order valence-corrected chi connectivity index (χ4v) is 1.86. The predicted molar refractivity (Wildman–Crippen MR) is 70.4 cm³/mol. The second kappa shape index (κ2) is 5.53. The molecule has 1 aliphatic carbocycles. The number of hydrogen-bond acceptors (Lipinski definition) is 3. The lowest BCUT2D eigenvalue weighted by Gasteiger charge is -2.15. The molecule has 100 valence electrons. The number of hydrogen-bond donors (Lipinski definition) is 4. The molecule has 1 unspecified atom stereocenters. The molecule has 1 aliphatic rings. The van der Waals surface area contributed by atoms with Gasteiger partial charge in [0.05, 0.1) is 6.04 Å². The Hall–Kier alpha value is -2.34. The van der Waals surface area contributed by atoms with Crippen molar-refractivity contribution in [2.75, 3.05) is 6.54 Å². The van der Waals surface area contributed by atoms with Gasteiger partial charge in [-0.1, -0.05) is 36.4 Å². The molecule has 2 amide bonds. The first-order valence-corrected chi connectivity index (χ1v) is 5.88.